The van der Waals surface area contributed by atoms with Gasteiger partial charge in [0.05, 0.1) is 10.2 Å². The predicted octanol–water partition coefficient (Wildman–Crippen LogP) is 2.89. The van der Waals surface area contributed by atoms with E-state index in [1.807, 2.05) is 20.8 Å². The summed E-state index contributed by atoms with van der Waals surface area (Å²) in [6.07, 6.45) is 0. The van der Waals surface area contributed by atoms with Crippen molar-refractivity contribution in [3.8, 4) is 5.75 Å². The third-order valence-corrected chi connectivity index (χ3v) is 3.97. The number of amides is 1. The minimum atomic E-state index is -0.139. The number of phenolic OH excluding ortho intramolecular Hbond substituents is 1. The lowest BCUT2D eigenvalue weighted by Gasteiger charge is -2.07. The summed E-state index contributed by atoms with van der Waals surface area (Å²) in [5.74, 6) is 0.174. The lowest BCUT2D eigenvalue weighted by molar-refractivity contribution is -0.114. The molecule has 1 amide bonds. The number of benzene rings is 1. The number of nitrogens with one attached hydrogen (secondary N) is 1. The molecule has 2 N–H and O–H groups in total. The van der Waals surface area contributed by atoms with Crippen LogP contribution in [0.5, 0.6) is 5.75 Å². The molecule has 0 saturated carbocycles. The number of fused-ring (bicyclic) bond motifs is 1. The van der Waals surface area contributed by atoms with Gasteiger partial charge in [-0.3, -0.25) is 4.79 Å². The van der Waals surface area contributed by atoms with Crippen LogP contribution in [-0.2, 0) is 4.79 Å². The van der Waals surface area contributed by atoms with Gasteiger partial charge in [-0.1, -0.05) is 11.3 Å². The molecular weight excluding hydrogens is 236 g/mol. The maximum absolute atomic E-state index is 11.0. The van der Waals surface area contributed by atoms with Gasteiger partial charge in [-0.25, -0.2) is 4.98 Å². The third-order valence-electron chi connectivity index (χ3n) is 2.88. The topological polar surface area (TPSA) is 62.2 Å². The number of phenols is 1. The zero-order valence-corrected chi connectivity index (χ0v) is 11.0. The fraction of sp³-hybridized carbons (Fsp3) is 0.333. The van der Waals surface area contributed by atoms with Gasteiger partial charge in [0.15, 0.2) is 5.13 Å². The zero-order chi connectivity index (χ0) is 12.7. The van der Waals surface area contributed by atoms with E-state index in [1.165, 1.54) is 18.3 Å². The van der Waals surface area contributed by atoms with Crippen LogP contribution in [0.3, 0.4) is 0 Å². The number of anilines is 1. The first-order chi connectivity index (χ1) is 7.91. The van der Waals surface area contributed by atoms with Crippen molar-refractivity contribution in [1.82, 2.24) is 4.98 Å². The van der Waals surface area contributed by atoms with E-state index in [2.05, 4.69) is 10.3 Å². The van der Waals surface area contributed by atoms with Crippen molar-refractivity contribution < 1.29 is 9.90 Å². The summed E-state index contributed by atoms with van der Waals surface area (Å²) in [6.45, 7) is 7.11. The van der Waals surface area contributed by atoms with Crippen LogP contribution < -0.4 is 5.32 Å². The fourth-order valence-corrected chi connectivity index (χ4v) is 2.85. The largest absolute Gasteiger partial charge is 0.507 e. The predicted molar refractivity (Wildman–Crippen MR) is 69.8 cm³/mol. The highest BCUT2D eigenvalue weighted by Gasteiger charge is 2.15. The number of nitrogens with zero attached hydrogens (tertiary/aromatic N) is 1. The summed E-state index contributed by atoms with van der Waals surface area (Å²) in [5.41, 5.74) is 3.47. The van der Waals surface area contributed by atoms with Crippen LogP contribution in [0, 0.1) is 20.8 Å². The van der Waals surface area contributed by atoms with E-state index in [4.69, 9.17) is 0 Å². The molecule has 0 radical (unpaired) electrons. The molecule has 0 unspecified atom stereocenters. The highest BCUT2D eigenvalue weighted by atomic mass is 32.1. The summed E-state index contributed by atoms with van der Waals surface area (Å²) >= 11 is 1.39. The molecule has 2 aromatic rings. The summed E-state index contributed by atoms with van der Waals surface area (Å²) in [4.78, 5) is 15.4. The number of aromatic nitrogens is 1. The standard InChI is InChI=1S/C12H14N2O2S/c1-5-6(2)10(16)7(3)11-9(5)14-12(17-11)13-8(4)15/h16H,1-4H3,(H,13,14,15). The fourth-order valence-electron chi connectivity index (χ4n) is 1.78. The lowest BCUT2D eigenvalue weighted by Crippen LogP contribution is -2.04. The number of carbonyl (C=O) groups excluding carboxylic acids is 1. The minimum absolute atomic E-state index is 0.139. The van der Waals surface area contributed by atoms with Crippen molar-refractivity contribution in [2.75, 3.05) is 5.32 Å². The first-order valence-electron chi connectivity index (χ1n) is 5.28. The van der Waals surface area contributed by atoms with Gasteiger partial charge in [0, 0.05) is 12.5 Å². The van der Waals surface area contributed by atoms with Crippen molar-refractivity contribution in [1.29, 1.82) is 0 Å². The summed E-state index contributed by atoms with van der Waals surface area (Å²) in [5, 5.41) is 13.2. The monoisotopic (exact) mass is 250 g/mol. The van der Waals surface area contributed by atoms with Gasteiger partial charge in [0.25, 0.3) is 0 Å². The Morgan fingerprint density at radius 1 is 1.24 bits per heavy atom. The molecule has 0 aliphatic carbocycles. The van der Waals surface area contributed by atoms with E-state index in [1.54, 1.807) is 0 Å². The van der Waals surface area contributed by atoms with Crippen LogP contribution in [0.15, 0.2) is 0 Å². The first kappa shape index (κ1) is 11.9. The summed E-state index contributed by atoms with van der Waals surface area (Å²) in [7, 11) is 0. The van der Waals surface area contributed by atoms with E-state index < -0.39 is 0 Å². The van der Waals surface area contributed by atoms with E-state index >= 15 is 0 Å². The molecule has 2 rings (SSSR count). The zero-order valence-electron chi connectivity index (χ0n) is 10.2. The third kappa shape index (κ3) is 1.86. The molecule has 0 aliphatic heterocycles. The lowest BCUT2D eigenvalue weighted by atomic mass is 10.0. The molecule has 1 aromatic carbocycles. The number of aromatic hydroxyl groups is 1. The average molecular weight is 250 g/mol. The maximum Gasteiger partial charge on any atom is 0.223 e. The second-order valence-corrected chi connectivity index (χ2v) is 5.10. The number of rotatable bonds is 1. The smallest absolute Gasteiger partial charge is 0.223 e. The van der Waals surface area contributed by atoms with E-state index in [0.717, 1.165) is 26.9 Å². The highest BCUT2D eigenvalue weighted by Crippen LogP contribution is 2.38. The summed E-state index contributed by atoms with van der Waals surface area (Å²) < 4.78 is 0.925. The average Bonchev–Trinajstić information content (AvgIpc) is 2.66. The van der Waals surface area contributed by atoms with Gasteiger partial charge in [0.2, 0.25) is 5.91 Å². The Morgan fingerprint density at radius 2 is 1.88 bits per heavy atom. The van der Waals surface area contributed by atoms with E-state index in [-0.39, 0.29) is 5.91 Å². The number of hydrogen-bond donors (Lipinski definition) is 2. The Labute approximate surface area is 103 Å². The number of carbonyl (C=O) groups is 1. The van der Waals surface area contributed by atoms with Gasteiger partial charge in [-0.05, 0) is 31.9 Å². The quantitative estimate of drug-likeness (QED) is 0.818. The molecule has 0 bridgehead atoms. The van der Waals surface area contributed by atoms with Crippen molar-refractivity contribution in [3.63, 3.8) is 0 Å². The van der Waals surface area contributed by atoms with Crippen molar-refractivity contribution in [3.05, 3.63) is 16.7 Å². The molecule has 0 aliphatic rings. The molecule has 1 aromatic heterocycles. The first-order valence-corrected chi connectivity index (χ1v) is 6.10. The Kier molecular flexibility index (Phi) is 2.79. The van der Waals surface area contributed by atoms with Gasteiger partial charge >= 0.3 is 0 Å². The number of thiazole rings is 1. The van der Waals surface area contributed by atoms with Crippen LogP contribution >= 0.6 is 11.3 Å². The van der Waals surface area contributed by atoms with Crippen molar-refractivity contribution in [2.24, 2.45) is 0 Å². The SMILES string of the molecule is CC(=O)Nc1nc2c(C)c(C)c(O)c(C)c2s1. The van der Waals surface area contributed by atoms with Gasteiger partial charge in [-0.15, -0.1) is 0 Å². The second-order valence-electron chi connectivity index (χ2n) is 4.10. The maximum atomic E-state index is 11.0. The Balaban J connectivity index is 2.72. The number of aryl methyl sites for hydroxylation is 2. The molecule has 0 saturated heterocycles. The Bertz CT molecular complexity index is 572. The molecule has 0 atom stereocenters. The van der Waals surface area contributed by atoms with Gasteiger partial charge in [0.1, 0.15) is 5.75 Å². The normalized spacial score (nSPS) is 10.8. The Morgan fingerprint density at radius 3 is 2.47 bits per heavy atom. The van der Waals surface area contributed by atoms with Crippen LogP contribution in [-0.4, -0.2) is 16.0 Å². The van der Waals surface area contributed by atoms with E-state index in [9.17, 15) is 9.90 Å². The Hall–Kier alpha value is -1.62. The number of hydrogen-bond acceptors (Lipinski definition) is 4. The van der Waals surface area contributed by atoms with Crippen LogP contribution in [0.4, 0.5) is 5.13 Å². The minimum Gasteiger partial charge on any atom is -0.507 e. The molecule has 4 nitrogen and oxygen atoms in total. The van der Waals surface area contributed by atoms with Crippen molar-refractivity contribution in [2.45, 2.75) is 27.7 Å². The molecule has 17 heavy (non-hydrogen) atoms. The second kappa shape index (κ2) is 4.00. The van der Waals surface area contributed by atoms with Gasteiger partial charge in [-0.2, -0.15) is 0 Å². The molecular formula is C12H14N2O2S. The van der Waals surface area contributed by atoms with Gasteiger partial charge < -0.3 is 10.4 Å². The van der Waals surface area contributed by atoms with Crippen molar-refractivity contribution >= 4 is 32.6 Å². The van der Waals surface area contributed by atoms with Crippen LogP contribution in [0.1, 0.15) is 23.6 Å². The molecule has 1 heterocycles. The molecule has 0 fully saturated rings. The molecule has 0 spiro atoms. The molecule has 90 valence electrons. The van der Waals surface area contributed by atoms with E-state index in [0.29, 0.717) is 10.9 Å². The van der Waals surface area contributed by atoms with Crippen LogP contribution in [0.25, 0.3) is 10.2 Å². The van der Waals surface area contributed by atoms with Crippen LogP contribution in [0.2, 0.25) is 0 Å². The molecule has 5 heteroatoms. The summed E-state index contributed by atoms with van der Waals surface area (Å²) in [6, 6.07) is 0. The highest BCUT2D eigenvalue weighted by molar-refractivity contribution is 7.22.